The lowest BCUT2D eigenvalue weighted by Crippen LogP contribution is -2.31. The zero-order chi connectivity index (χ0) is 13.5. The minimum Gasteiger partial charge on any atom is -0.389 e. The second-order valence-corrected chi connectivity index (χ2v) is 7.75. The molecule has 1 saturated heterocycles. The Hall–Kier alpha value is -0.310. The lowest BCUT2D eigenvalue weighted by molar-refractivity contribution is 0.0701. The van der Waals surface area contributed by atoms with E-state index in [9.17, 15) is 25.3 Å². The van der Waals surface area contributed by atoms with Gasteiger partial charge in [0.05, 0.1) is 17.6 Å². The molecule has 0 aliphatic carbocycles. The fourth-order valence-corrected chi connectivity index (χ4v) is 4.38. The van der Waals surface area contributed by atoms with Gasteiger partial charge in [-0.2, -0.15) is 16.8 Å². The smallest absolute Gasteiger partial charge is 0.389 e. The van der Waals surface area contributed by atoms with E-state index in [0.29, 0.717) is 0 Å². The fraction of sp³-hybridized carbons (Fsp3) is 1.00. The van der Waals surface area contributed by atoms with E-state index in [1.165, 1.54) is 0 Å². The van der Waals surface area contributed by atoms with E-state index < -0.39 is 54.3 Å². The molecule has 0 aromatic heterocycles. The first kappa shape index (κ1) is 14.7. The van der Waals surface area contributed by atoms with Crippen LogP contribution in [0, 0.1) is 0 Å². The molecule has 2 N–H and O–H groups in total. The van der Waals surface area contributed by atoms with Crippen LogP contribution < -0.4 is 0 Å². The van der Waals surface area contributed by atoms with Crippen molar-refractivity contribution in [2.24, 2.45) is 0 Å². The average molecular weight is 312 g/mol. The summed E-state index contributed by atoms with van der Waals surface area (Å²) in [4.78, 5) is 0. The van der Waals surface area contributed by atoms with Gasteiger partial charge >= 0.3 is 20.8 Å². The molecule has 2 unspecified atom stereocenters. The van der Waals surface area contributed by atoms with E-state index in [-0.39, 0.29) is 0 Å². The van der Waals surface area contributed by atoms with Crippen molar-refractivity contribution in [3.63, 3.8) is 0 Å². The maximum absolute atomic E-state index is 11.0. The molecule has 0 amide bonds. The van der Waals surface area contributed by atoms with Crippen LogP contribution in [-0.2, 0) is 38.4 Å². The summed E-state index contributed by atoms with van der Waals surface area (Å²) in [5, 5.41) is 9.15. The van der Waals surface area contributed by atoms with Gasteiger partial charge < -0.3 is 5.11 Å². The molecular formula is C4H8O10S3. The van der Waals surface area contributed by atoms with E-state index >= 15 is 0 Å². The first-order valence-corrected chi connectivity index (χ1v) is 8.42. The van der Waals surface area contributed by atoms with Crippen LogP contribution in [0.25, 0.3) is 0 Å². The van der Waals surface area contributed by atoms with Gasteiger partial charge in [0.1, 0.15) is 6.10 Å². The molecule has 1 fully saturated rings. The molecule has 0 saturated carbocycles. The first-order valence-electron chi connectivity index (χ1n) is 3.90. The van der Waals surface area contributed by atoms with Crippen LogP contribution in [0.3, 0.4) is 0 Å². The van der Waals surface area contributed by atoms with Crippen LogP contribution in [0.5, 0.6) is 0 Å². The Labute approximate surface area is 97.4 Å². The molecule has 0 aromatic rings. The zero-order valence-electron chi connectivity index (χ0n) is 7.95. The van der Waals surface area contributed by atoms with Crippen molar-refractivity contribution in [2.45, 2.75) is 12.2 Å². The normalized spacial score (nSPS) is 29.3. The minimum atomic E-state index is -5.31. The van der Waals surface area contributed by atoms with Crippen molar-refractivity contribution in [3.05, 3.63) is 0 Å². The van der Waals surface area contributed by atoms with E-state index in [4.69, 9.17) is 9.66 Å². The van der Waals surface area contributed by atoms with Crippen molar-refractivity contribution in [1.29, 1.82) is 0 Å². The predicted molar refractivity (Wildman–Crippen MR) is 51.1 cm³/mol. The first-order chi connectivity index (χ1) is 7.40. The molecule has 17 heavy (non-hydrogen) atoms. The molecule has 10 nitrogen and oxygen atoms in total. The van der Waals surface area contributed by atoms with E-state index in [1.807, 2.05) is 0 Å². The third-order valence-corrected chi connectivity index (χ3v) is 5.21. The van der Waals surface area contributed by atoms with Gasteiger partial charge in [-0.15, -0.1) is 3.63 Å². The average Bonchev–Trinajstić information content (AvgIpc) is 2.17. The summed E-state index contributed by atoms with van der Waals surface area (Å²) < 4.78 is 79.2. The molecular weight excluding hydrogens is 304 g/mol. The van der Waals surface area contributed by atoms with Gasteiger partial charge in [0.15, 0.2) is 9.84 Å². The van der Waals surface area contributed by atoms with Crippen molar-refractivity contribution in [1.82, 2.24) is 0 Å². The second kappa shape index (κ2) is 4.42. The molecule has 1 aliphatic rings. The Morgan fingerprint density at radius 3 is 2.00 bits per heavy atom. The Morgan fingerprint density at radius 2 is 1.65 bits per heavy atom. The number of rotatable bonds is 4. The summed E-state index contributed by atoms with van der Waals surface area (Å²) in [6, 6.07) is 0. The zero-order valence-corrected chi connectivity index (χ0v) is 10.4. The largest absolute Gasteiger partial charge is 0.416 e. The maximum Gasteiger partial charge on any atom is 0.416 e. The summed E-state index contributed by atoms with van der Waals surface area (Å²) in [5.41, 5.74) is 0. The Morgan fingerprint density at radius 1 is 1.12 bits per heavy atom. The number of sulfone groups is 1. The molecule has 0 aromatic carbocycles. The lowest BCUT2D eigenvalue weighted by Gasteiger charge is -2.11. The SMILES string of the molecule is O=S1(=O)CC(O)C(OS(=O)(=O)OS(=O)(=O)O)C1. The van der Waals surface area contributed by atoms with Crippen molar-refractivity contribution in [3.8, 4) is 0 Å². The highest BCUT2D eigenvalue weighted by molar-refractivity contribution is 7.95. The molecule has 1 rings (SSSR count). The van der Waals surface area contributed by atoms with Crippen molar-refractivity contribution < 1.29 is 42.7 Å². The molecule has 0 radical (unpaired) electrons. The third kappa shape index (κ3) is 4.82. The highest BCUT2D eigenvalue weighted by atomic mass is 32.3. The summed E-state index contributed by atoms with van der Waals surface area (Å²) in [6.45, 7) is 0. The minimum absolute atomic E-state index is 0.709. The fourth-order valence-electron chi connectivity index (χ4n) is 1.16. The highest BCUT2D eigenvalue weighted by Crippen LogP contribution is 2.18. The quantitative estimate of drug-likeness (QED) is 0.519. The monoisotopic (exact) mass is 312 g/mol. The van der Waals surface area contributed by atoms with Gasteiger partial charge in [0.2, 0.25) is 0 Å². The molecule has 102 valence electrons. The van der Waals surface area contributed by atoms with E-state index in [2.05, 4.69) is 7.81 Å². The van der Waals surface area contributed by atoms with Gasteiger partial charge in [0.25, 0.3) is 0 Å². The molecule has 0 bridgehead atoms. The van der Waals surface area contributed by atoms with E-state index in [1.54, 1.807) is 0 Å². The highest BCUT2D eigenvalue weighted by Gasteiger charge is 2.41. The van der Waals surface area contributed by atoms with Crippen LogP contribution in [-0.4, -0.2) is 58.6 Å². The van der Waals surface area contributed by atoms with Gasteiger partial charge in [-0.05, 0) is 0 Å². The third-order valence-electron chi connectivity index (χ3n) is 1.68. The van der Waals surface area contributed by atoms with Crippen LogP contribution in [0.2, 0.25) is 0 Å². The topological polar surface area (TPSA) is 161 Å². The van der Waals surface area contributed by atoms with Gasteiger partial charge in [-0.1, -0.05) is 0 Å². The Bertz CT molecular complexity index is 581. The molecule has 0 spiro atoms. The molecule has 2 atom stereocenters. The van der Waals surface area contributed by atoms with Crippen LogP contribution in [0.4, 0.5) is 0 Å². The lowest BCUT2D eigenvalue weighted by atomic mass is 10.3. The summed E-state index contributed by atoms with van der Waals surface area (Å²) >= 11 is 0. The van der Waals surface area contributed by atoms with Gasteiger partial charge in [-0.25, -0.2) is 12.6 Å². The number of aliphatic hydroxyl groups is 1. The number of aliphatic hydroxyl groups excluding tert-OH is 1. The van der Waals surface area contributed by atoms with Crippen molar-refractivity contribution in [2.75, 3.05) is 11.5 Å². The predicted octanol–water partition coefficient (Wildman–Crippen LogP) is -2.77. The summed E-state index contributed by atoms with van der Waals surface area (Å²) in [6.07, 6.45) is -3.30. The maximum atomic E-state index is 11.0. The van der Waals surface area contributed by atoms with Gasteiger partial charge in [-0.3, -0.25) is 4.55 Å². The molecule has 1 aliphatic heterocycles. The standard InChI is InChI=1S/C4H8O10S3/c5-3-1-15(6,7)2-4(3)13-17(11,12)14-16(8,9)10/h3-5H,1-2H2,(H,8,9,10). The number of hydrogen-bond acceptors (Lipinski definition) is 9. The van der Waals surface area contributed by atoms with Gasteiger partial charge in [0, 0.05) is 0 Å². The van der Waals surface area contributed by atoms with Crippen molar-refractivity contribution >= 4 is 30.6 Å². The van der Waals surface area contributed by atoms with E-state index in [0.717, 1.165) is 0 Å². The van der Waals surface area contributed by atoms with Crippen LogP contribution in [0.1, 0.15) is 0 Å². The number of hydrogen-bond donors (Lipinski definition) is 2. The molecule has 13 heteroatoms. The molecule has 1 heterocycles. The Kier molecular flexibility index (Phi) is 3.83. The second-order valence-electron chi connectivity index (χ2n) is 3.18. The summed E-state index contributed by atoms with van der Waals surface area (Å²) in [7, 11) is -14.1. The summed E-state index contributed by atoms with van der Waals surface area (Å²) in [5.74, 6) is -1.51. The van der Waals surface area contributed by atoms with Crippen LogP contribution >= 0.6 is 0 Å². The van der Waals surface area contributed by atoms with Crippen LogP contribution in [0.15, 0.2) is 0 Å². The Balaban J connectivity index is 2.80.